The molecule has 0 aromatic heterocycles. The van der Waals surface area contributed by atoms with Crippen LogP contribution in [0.15, 0.2) is 24.5 Å². The summed E-state index contributed by atoms with van der Waals surface area (Å²) in [7, 11) is 0. The van der Waals surface area contributed by atoms with Crippen molar-refractivity contribution in [2.75, 3.05) is 0 Å². The van der Waals surface area contributed by atoms with Gasteiger partial charge in [-0.1, -0.05) is 6.08 Å². The Labute approximate surface area is 65.4 Å². The Hall–Kier alpha value is -0.840. The number of halogens is 1. The molecule has 10 heavy (non-hydrogen) atoms. The van der Waals surface area contributed by atoms with Crippen LogP contribution in [0.25, 0.3) is 0 Å². The summed E-state index contributed by atoms with van der Waals surface area (Å²) >= 11 is 2.80. The van der Waals surface area contributed by atoms with Gasteiger partial charge in [-0.15, -0.1) is 0 Å². The fraction of sp³-hybridized carbons (Fsp3) is 0.200. The Bertz CT molecular complexity index is 213. The number of alkyl halides is 1. The second-order valence-electron chi connectivity index (χ2n) is 1.67. The van der Waals surface area contributed by atoms with E-state index >= 15 is 0 Å². The lowest BCUT2D eigenvalue weighted by molar-refractivity contribution is -0.569. The Balaban J connectivity index is 2.80. The van der Waals surface area contributed by atoms with Gasteiger partial charge in [0.15, 0.2) is 0 Å². The summed E-state index contributed by atoms with van der Waals surface area (Å²) in [5.74, 6) is 0. The van der Waals surface area contributed by atoms with E-state index < -0.39 is 9.56 Å². The first-order chi connectivity index (χ1) is 4.65. The Morgan fingerprint density at radius 1 is 1.60 bits per heavy atom. The molecule has 54 valence electrons. The first-order valence-corrected chi connectivity index (χ1v) is 3.30. The minimum absolute atomic E-state index is 0.562. The van der Waals surface area contributed by atoms with Crippen LogP contribution < -0.4 is 0 Å². The maximum atomic E-state index is 10.2. The van der Waals surface area contributed by atoms with Crippen LogP contribution in [0.1, 0.15) is 0 Å². The molecule has 0 spiro atoms. The molecule has 0 fully saturated rings. The lowest BCUT2D eigenvalue weighted by atomic mass is 10.4. The molecule has 0 N–H and O–H groups in total. The van der Waals surface area contributed by atoms with Crippen molar-refractivity contribution in [2.24, 2.45) is 0 Å². The molecule has 1 aliphatic rings. The molecule has 0 aromatic rings. The van der Waals surface area contributed by atoms with Gasteiger partial charge < -0.3 is 4.74 Å². The number of ether oxygens (including phenoxy) is 1. The van der Waals surface area contributed by atoms with Crippen molar-refractivity contribution in [3.05, 3.63) is 34.6 Å². The highest BCUT2D eigenvalue weighted by molar-refractivity contribution is 9.10. The maximum absolute atomic E-state index is 10.2. The zero-order chi connectivity index (χ0) is 7.61. The third kappa shape index (κ3) is 1.18. The summed E-state index contributed by atoms with van der Waals surface area (Å²) in [5.41, 5.74) is 0. The van der Waals surface area contributed by atoms with E-state index in [9.17, 15) is 10.1 Å². The third-order valence-electron chi connectivity index (χ3n) is 0.974. The monoisotopic (exact) mass is 205 g/mol. The standard InChI is InChI=1S/C5H4BrNO3/c6-5(7(8)9)3-1-2-4-10-5/h1-4H. The molecule has 4 nitrogen and oxygen atoms in total. The van der Waals surface area contributed by atoms with Gasteiger partial charge in [0.2, 0.25) is 0 Å². The fourth-order valence-electron chi connectivity index (χ4n) is 0.497. The van der Waals surface area contributed by atoms with Crippen molar-refractivity contribution in [3.8, 4) is 0 Å². The van der Waals surface area contributed by atoms with Gasteiger partial charge in [-0.25, -0.2) is 0 Å². The summed E-state index contributed by atoms with van der Waals surface area (Å²) in [6.45, 7) is 0. The van der Waals surface area contributed by atoms with E-state index in [4.69, 9.17) is 0 Å². The van der Waals surface area contributed by atoms with E-state index in [1.807, 2.05) is 0 Å². The molecule has 1 heterocycles. The van der Waals surface area contributed by atoms with Crippen LogP contribution in [0.3, 0.4) is 0 Å². The molecule has 0 aliphatic carbocycles. The lowest BCUT2D eigenvalue weighted by Crippen LogP contribution is -2.31. The van der Waals surface area contributed by atoms with E-state index in [0.717, 1.165) is 0 Å². The summed E-state index contributed by atoms with van der Waals surface area (Å²) in [6, 6.07) is 0. The zero-order valence-corrected chi connectivity index (χ0v) is 6.45. The fourth-order valence-corrected chi connectivity index (χ4v) is 0.758. The Morgan fingerprint density at radius 3 is 2.60 bits per heavy atom. The molecular weight excluding hydrogens is 202 g/mol. The highest BCUT2D eigenvalue weighted by Crippen LogP contribution is 2.24. The average molecular weight is 206 g/mol. The summed E-state index contributed by atoms with van der Waals surface area (Å²) in [5, 5.41) is 10.2. The largest absolute Gasteiger partial charge is 0.438 e. The van der Waals surface area contributed by atoms with Crippen molar-refractivity contribution in [2.45, 2.75) is 4.63 Å². The van der Waals surface area contributed by atoms with E-state index in [0.29, 0.717) is 0 Å². The van der Waals surface area contributed by atoms with E-state index in [1.165, 1.54) is 12.3 Å². The van der Waals surface area contributed by atoms with Crippen LogP contribution >= 0.6 is 15.9 Å². The van der Waals surface area contributed by atoms with Crippen molar-refractivity contribution < 1.29 is 9.66 Å². The van der Waals surface area contributed by atoms with Gasteiger partial charge in [-0.2, -0.15) is 0 Å². The molecule has 0 bridgehead atoms. The van der Waals surface area contributed by atoms with Gasteiger partial charge in [0.25, 0.3) is 0 Å². The van der Waals surface area contributed by atoms with Gasteiger partial charge in [0.1, 0.15) is 0 Å². The second kappa shape index (κ2) is 2.42. The van der Waals surface area contributed by atoms with Crippen LogP contribution in [0.5, 0.6) is 0 Å². The average Bonchev–Trinajstić information content (AvgIpc) is 1.89. The number of nitro groups is 1. The van der Waals surface area contributed by atoms with Crippen molar-refractivity contribution in [1.29, 1.82) is 0 Å². The van der Waals surface area contributed by atoms with E-state index in [1.54, 1.807) is 12.2 Å². The molecule has 5 heteroatoms. The molecule has 1 aliphatic heterocycles. The minimum Gasteiger partial charge on any atom is -0.424 e. The number of hydrogen-bond donors (Lipinski definition) is 0. The molecule has 1 atom stereocenters. The molecule has 0 radical (unpaired) electrons. The number of rotatable bonds is 1. The number of nitrogens with zero attached hydrogens (tertiary/aromatic N) is 1. The maximum Gasteiger partial charge on any atom is 0.438 e. The van der Waals surface area contributed by atoms with Crippen molar-refractivity contribution in [1.82, 2.24) is 0 Å². The molecular formula is C5H4BrNO3. The first-order valence-electron chi connectivity index (χ1n) is 2.51. The summed E-state index contributed by atoms with van der Waals surface area (Å²) < 4.78 is 3.12. The molecule has 1 unspecified atom stereocenters. The van der Waals surface area contributed by atoms with Gasteiger partial charge in [0.05, 0.1) is 27.1 Å². The number of hydrogen-bond acceptors (Lipinski definition) is 3. The topological polar surface area (TPSA) is 52.4 Å². The highest BCUT2D eigenvalue weighted by Gasteiger charge is 2.38. The predicted molar refractivity (Wildman–Crippen MR) is 38.0 cm³/mol. The summed E-state index contributed by atoms with van der Waals surface area (Å²) in [4.78, 5) is 9.66. The third-order valence-corrected chi connectivity index (χ3v) is 1.71. The molecule has 0 aromatic carbocycles. The van der Waals surface area contributed by atoms with Crippen molar-refractivity contribution in [3.63, 3.8) is 0 Å². The second-order valence-corrected chi connectivity index (χ2v) is 2.81. The Morgan fingerprint density at radius 2 is 2.30 bits per heavy atom. The molecule has 0 saturated carbocycles. The van der Waals surface area contributed by atoms with Crippen molar-refractivity contribution >= 4 is 15.9 Å². The normalized spacial score (nSPS) is 29.7. The first kappa shape index (κ1) is 7.27. The zero-order valence-electron chi connectivity index (χ0n) is 4.86. The Kier molecular flexibility index (Phi) is 1.76. The van der Waals surface area contributed by atoms with Crippen LogP contribution in [0.2, 0.25) is 0 Å². The highest BCUT2D eigenvalue weighted by atomic mass is 79.9. The van der Waals surface area contributed by atoms with Crippen LogP contribution in [-0.2, 0) is 4.74 Å². The minimum atomic E-state index is -1.55. The SMILES string of the molecule is O=[N+]([O-])C1(Br)C=CC=CO1. The molecule has 0 saturated heterocycles. The van der Waals surface area contributed by atoms with Gasteiger partial charge in [-0.05, 0) is 6.08 Å². The smallest absolute Gasteiger partial charge is 0.424 e. The molecule has 0 amide bonds. The van der Waals surface area contributed by atoms with Crippen LogP contribution in [0, 0.1) is 10.1 Å². The quantitative estimate of drug-likeness (QED) is 0.282. The van der Waals surface area contributed by atoms with Gasteiger partial charge in [-0.3, -0.25) is 10.1 Å². The van der Waals surface area contributed by atoms with E-state index in [-0.39, 0.29) is 0 Å². The van der Waals surface area contributed by atoms with Gasteiger partial charge >= 0.3 is 4.63 Å². The number of allylic oxidation sites excluding steroid dienone is 2. The van der Waals surface area contributed by atoms with Crippen LogP contribution in [0.4, 0.5) is 0 Å². The van der Waals surface area contributed by atoms with E-state index in [2.05, 4.69) is 20.7 Å². The summed E-state index contributed by atoms with van der Waals surface area (Å²) in [6.07, 6.45) is 5.69. The van der Waals surface area contributed by atoms with Crippen LogP contribution in [-0.4, -0.2) is 9.56 Å². The van der Waals surface area contributed by atoms with Gasteiger partial charge in [0, 0.05) is 6.08 Å². The predicted octanol–water partition coefficient (Wildman–Crippen LogP) is 1.41. The molecule has 1 rings (SSSR count). The lowest BCUT2D eigenvalue weighted by Gasteiger charge is -2.14.